The predicted molar refractivity (Wildman–Crippen MR) is 98.4 cm³/mol. The van der Waals surface area contributed by atoms with Gasteiger partial charge in [0.05, 0.1) is 14.2 Å². The van der Waals surface area contributed by atoms with Crippen molar-refractivity contribution in [3.8, 4) is 11.5 Å². The molecule has 0 spiro atoms. The van der Waals surface area contributed by atoms with E-state index in [-0.39, 0.29) is 5.91 Å². The summed E-state index contributed by atoms with van der Waals surface area (Å²) in [6.07, 6.45) is 1.65. The van der Waals surface area contributed by atoms with Crippen LogP contribution in [0.25, 0.3) is 0 Å². The monoisotopic (exact) mass is 343 g/mol. The molecule has 0 fully saturated rings. The van der Waals surface area contributed by atoms with Crippen molar-refractivity contribution in [2.75, 3.05) is 32.6 Å². The maximum atomic E-state index is 12.4. The number of hydrogen-bond acceptors (Lipinski definition) is 5. The molecule has 1 N–H and O–H groups in total. The van der Waals surface area contributed by atoms with Gasteiger partial charge >= 0.3 is 0 Å². The summed E-state index contributed by atoms with van der Waals surface area (Å²) in [5.74, 6) is 2.05. The number of benzene rings is 1. The smallest absolute Gasteiger partial charge is 0.254 e. The quantitative estimate of drug-likeness (QED) is 0.797. The molecule has 25 heavy (non-hydrogen) atoms. The lowest BCUT2D eigenvalue weighted by Gasteiger charge is -2.18. The van der Waals surface area contributed by atoms with E-state index in [4.69, 9.17) is 9.47 Å². The topological polar surface area (TPSA) is 63.7 Å². The zero-order valence-corrected chi connectivity index (χ0v) is 15.2. The average molecular weight is 343 g/mol. The zero-order chi connectivity index (χ0) is 18.2. The SMILES string of the molecule is CCN(CC)C(=O)c1ccnc(NCc2ccc(OC)c(OC)c2)c1. The van der Waals surface area contributed by atoms with Gasteiger partial charge in [-0.3, -0.25) is 4.79 Å². The van der Waals surface area contributed by atoms with Gasteiger partial charge in [0.1, 0.15) is 5.82 Å². The number of ether oxygens (including phenoxy) is 2. The van der Waals surface area contributed by atoms with E-state index in [1.165, 1.54) is 0 Å². The third-order valence-electron chi connectivity index (χ3n) is 3.98. The summed E-state index contributed by atoms with van der Waals surface area (Å²) in [6.45, 7) is 5.88. The molecule has 0 bridgehead atoms. The molecule has 134 valence electrons. The van der Waals surface area contributed by atoms with Crippen molar-refractivity contribution < 1.29 is 14.3 Å². The number of pyridine rings is 1. The molecule has 2 rings (SSSR count). The number of nitrogens with zero attached hydrogens (tertiary/aromatic N) is 2. The van der Waals surface area contributed by atoms with Crippen LogP contribution in [0, 0.1) is 0 Å². The first-order chi connectivity index (χ1) is 12.1. The van der Waals surface area contributed by atoms with Crippen molar-refractivity contribution in [2.45, 2.75) is 20.4 Å². The maximum absolute atomic E-state index is 12.4. The Kier molecular flexibility index (Phi) is 6.62. The molecule has 6 nitrogen and oxygen atoms in total. The van der Waals surface area contributed by atoms with Crippen LogP contribution in [0.1, 0.15) is 29.8 Å². The van der Waals surface area contributed by atoms with Crippen molar-refractivity contribution in [2.24, 2.45) is 0 Å². The minimum atomic E-state index is 0.0153. The highest BCUT2D eigenvalue weighted by molar-refractivity contribution is 5.94. The van der Waals surface area contributed by atoms with Crippen LogP contribution in [-0.2, 0) is 6.54 Å². The molecule has 0 unspecified atom stereocenters. The number of hydrogen-bond donors (Lipinski definition) is 1. The predicted octanol–water partition coefficient (Wildman–Crippen LogP) is 3.19. The Balaban J connectivity index is 2.09. The Morgan fingerprint density at radius 2 is 1.80 bits per heavy atom. The van der Waals surface area contributed by atoms with E-state index in [0.29, 0.717) is 42.5 Å². The molecule has 0 radical (unpaired) electrons. The van der Waals surface area contributed by atoms with Crippen molar-refractivity contribution >= 4 is 11.7 Å². The van der Waals surface area contributed by atoms with E-state index in [1.54, 1.807) is 37.4 Å². The van der Waals surface area contributed by atoms with Crippen molar-refractivity contribution in [3.63, 3.8) is 0 Å². The van der Waals surface area contributed by atoms with Crippen LogP contribution in [0.4, 0.5) is 5.82 Å². The van der Waals surface area contributed by atoms with E-state index in [1.807, 2.05) is 32.0 Å². The minimum Gasteiger partial charge on any atom is -0.493 e. The maximum Gasteiger partial charge on any atom is 0.254 e. The summed E-state index contributed by atoms with van der Waals surface area (Å²) in [7, 11) is 3.22. The number of amides is 1. The Hall–Kier alpha value is -2.76. The van der Waals surface area contributed by atoms with Crippen LogP contribution in [0.2, 0.25) is 0 Å². The molecular formula is C19H25N3O3. The van der Waals surface area contributed by atoms with Gasteiger partial charge in [-0.05, 0) is 43.7 Å². The van der Waals surface area contributed by atoms with Gasteiger partial charge in [-0.2, -0.15) is 0 Å². The molecule has 1 aromatic heterocycles. The first-order valence-electron chi connectivity index (χ1n) is 8.33. The summed E-state index contributed by atoms with van der Waals surface area (Å²) in [6, 6.07) is 9.25. The molecule has 0 saturated heterocycles. The third-order valence-corrected chi connectivity index (χ3v) is 3.98. The lowest BCUT2D eigenvalue weighted by atomic mass is 10.2. The number of carbonyl (C=O) groups is 1. The molecule has 1 heterocycles. The van der Waals surface area contributed by atoms with Crippen LogP contribution in [0.5, 0.6) is 11.5 Å². The fourth-order valence-corrected chi connectivity index (χ4v) is 2.54. The summed E-state index contributed by atoms with van der Waals surface area (Å²) in [5.41, 5.74) is 1.66. The molecule has 6 heteroatoms. The molecule has 2 aromatic rings. The van der Waals surface area contributed by atoms with Gasteiger partial charge in [0, 0.05) is 31.4 Å². The van der Waals surface area contributed by atoms with Gasteiger partial charge in [-0.25, -0.2) is 4.98 Å². The standard InChI is InChI=1S/C19H25N3O3/c1-5-22(6-2)19(23)15-9-10-20-18(12-15)21-13-14-7-8-16(24-3)17(11-14)25-4/h7-12H,5-6,13H2,1-4H3,(H,20,21). The van der Waals surface area contributed by atoms with Crippen LogP contribution in [0.15, 0.2) is 36.5 Å². The molecule has 0 saturated carbocycles. The number of rotatable bonds is 8. The van der Waals surface area contributed by atoms with Crippen molar-refractivity contribution in [1.29, 1.82) is 0 Å². The first-order valence-corrected chi connectivity index (χ1v) is 8.33. The Bertz CT molecular complexity index is 715. The molecule has 1 amide bonds. The molecule has 0 aliphatic heterocycles. The highest BCUT2D eigenvalue weighted by Crippen LogP contribution is 2.27. The molecule has 0 atom stereocenters. The van der Waals surface area contributed by atoms with Crippen molar-refractivity contribution in [3.05, 3.63) is 47.7 Å². The average Bonchev–Trinajstić information content (AvgIpc) is 2.67. The number of methoxy groups -OCH3 is 2. The normalized spacial score (nSPS) is 10.2. The van der Waals surface area contributed by atoms with Gasteiger partial charge in [0.15, 0.2) is 11.5 Å². The Morgan fingerprint density at radius 3 is 2.44 bits per heavy atom. The third kappa shape index (κ3) is 4.62. The van der Waals surface area contributed by atoms with Crippen LogP contribution in [0.3, 0.4) is 0 Å². The summed E-state index contributed by atoms with van der Waals surface area (Å²) in [5, 5.41) is 3.24. The van der Waals surface area contributed by atoms with Gasteiger partial charge in [0.2, 0.25) is 0 Å². The molecule has 0 aliphatic rings. The molecule has 1 aromatic carbocycles. The number of aromatic nitrogens is 1. The van der Waals surface area contributed by atoms with Gasteiger partial charge < -0.3 is 19.7 Å². The summed E-state index contributed by atoms with van der Waals surface area (Å²) < 4.78 is 10.6. The fourth-order valence-electron chi connectivity index (χ4n) is 2.54. The second-order valence-electron chi connectivity index (χ2n) is 5.45. The molecule has 0 aliphatic carbocycles. The summed E-state index contributed by atoms with van der Waals surface area (Å²) in [4.78, 5) is 18.5. The molecular weight excluding hydrogens is 318 g/mol. The van der Waals surface area contributed by atoms with E-state index in [9.17, 15) is 4.79 Å². The lowest BCUT2D eigenvalue weighted by Crippen LogP contribution is -2.30. The first kappa shape index (κ1) is 18.6. The second-order valence-corrected chi connectivity index (χ2v) is 5.45. The van der Waals surface area contributed by atoms with E-state index >= 15 is 0 Å². The number of carbonyl (C=O) groups excluding carboxylic acids is 1. The lowest BCUT2D eigenvalue weighted by molar-refractivity contribution is 0.0773. The van der Waals surface area contributed by atoms with Gasteiger partial charge in [-0.1, -0.05) is 6.07 Å². The highest BCUT2D eigenvalue weighted by Gasteiger charge is 2.13. The minimum absolute atomic E-state index is 0.0153. The fraction of sp³-hybridized carbons (Fsp3) is 0.368. The largest absolute Gasteiger partial charge is 0.493 e. The van der Waals surface area contributed by atoms with Crippen LogP contribution in [-0.4, -0.2) is 43.1 Å². The van der Waals surface area contributed by atoms with E-state index in [0.717, 1.165) is 5.56 Å². The van der Waals surface area contributed by atoms with Gasteiger partial charge in [0.25, 0.3) is 5.91 Å². The second kappa shape index (κ2) is 8.92. The number of anilines is 1. The van der Waals surface area contributed by atoms with E-state index in [2.05, 4.69) is 10.3 Å². The van der Waals surface area contributed by atoms with Crippen molar-refractivity contribution in [1.82, 2.24) is 9.88 Å². The zero-order valence-electron chi connectivity index (χ0n) is 15.2. The van der Waals surface area contributed by atoms with Crippen LogP contribution < -0.4 is 14.8 Å². The highest BCUT2D eigenvalue weighted by atomic mass is 16.5. The Morgan fingerprint density at radius 1 is 1.08 bits per heavy atom. The summed E-state index contributed by atoms with van der Waals surface area (Å²) >= 11 is 0. The van der Waals surface area contributed by atoms with E-state index < -0.39 is 0 Å². The Labute approximate surface area is 148 Å². The van der Waals surface area contributed by atoms with Gasteiger partial charge in [-0.15, -0.1) is 0 Å². The number of nitrogens with one attached hydrogen (secondary N) is 1. The van der Waals surface area contributed by atoms with Crippen LogP contribution >= 0.6 is 0 Å².